The van der Waals surface area contributed by atoms with Crippen LogP contribution in [0, 0.1) is 0 Å². The summed E-state index contributed by atoms with van der Waals surface area (Å²) in [5.41, 5.74) is -0.178. The molecule has 1 aromatic heterocycles. The molecule has 0 radical (unpaired) electrons. The third-order valence-electron chi connectivity index (χ3n) is 3.27. The average molecular weight is 412 g/mol. The molecule has 0 amide bonds. The number of aryl methyl sites for hydroxylation is 2. The first-order valence-electron chi connectivity index (χ1n) is 8.89. The fraction of sp³-hybridized carbons (Fsp3) is 0.588. The minimum absolute atomic E-state index is 0.178. The summed E-state index contributed by atoms with van der Waals surface area (Å²) in [5.74, 6) is -2.45. The normalized spacial score (nSPS) is 11.0. The Hall–Kier alpha value is -2.33. The molecule has 162 valence electrons. The van der Waals surface area contributed by atoms with Crippen LogP contribution in [0.15, 0.2) is 30.4 Å². The molecule has 2 N–H and O–H groups in total. The van der Waals surface area contributed by atoms with E-state index < -0.39 is 19.2 Å². The molecular weight excluding hydrogens is 383 g/mol. The van der Waals surface area contributed by atoms with Crippen LogP contribution < -0.4 is 4.57 Å². The molecule has 0 aliphatic carbocycles. The number of aliphatic carboxylic acids is 2. The Labute approximate surface area is 162 Å². The zero-order valence-electron chi connectivity index (χ0n) is 16.5. The summed E-state index contributed by atoms with van der Waals surface area (Å²) in [6, 6.07) is 0. The van der Waals surface area contributed by atoms with Crippen molar-refractivity contribution < 1.29 is 41.6 Å². The SMILES string of the molecule is C/C(=C/C(=O)O)C(=O)O.CCCCCCCC[n+]1ccn(C)c1.F[B-](F)(F)F. The molecule has 1 rings (SSSR count). The zero-order chi connectivity index (χ0) is 22.2. The first kappa shape index (κ1) is 27.9. The summed E-state index contributed by atoms with van der Waals surface area (Å²) in [5, 5.41) is 16.1. The van der Waals surface area contributed by atoms with Gasteiger partial charge in [-0.2, -0.15) is 0 Å². The summed E-state index contributed by atoms with van der Waals surface area (Å²) in [6.45, 7) is 4.66. The van der Waals surface area contributed by atoms with E-state index in [4.69, 9.17) is 10.2 Å². The topological polar surface area (TPSA) is 83.4 Å². The number of carboxylic acids is 2. The number of nitrogens with zero attached hydrogens (tertiary/aromatic N) is 2. The van der Waals surface area contributed by atoms with Crippen LogP contribution in [-0.4, -0.2) is 34.0 Å². The number of imidazole rings is 1. The Morgan fingerprint density at radius 2 is 1.57 bits per heavy atom. The van der Waals surface area contributed by atoms with Crippen molar-refractivity contribution in [3.05, 3.63) is 30.4 Å². The largest absolute Gasteiger partial charge is 0.673 e. The minimum Gasteiger partial charge on any atom is -0.478 e. The van der Waals surface area contributed by atoms with Crippen LogP contribution >= 0.6 is 0 Å². The third kappa shape index (κ3) is 23.7. The molecule has 0 unspecified atom stereocenters. The summed E-state index contributed by atoms with van der Waals surface area (Å²) >= 11 is 0. The molecule has 1 aromatic rings. The van der Waals surface area contributed by atoms with Gasteiger partial charge in [0.25, 0.3) is 0 Å². The summed E-state index contributed by atoms with van der Waals surface area (Å²) in [7, 11) is -3.93. The van der Waals surface area contributed by atoms with Crippen molar-refractivity contribution >= 4 is 19.2 Å². The van der Waals surface area contributed by atoms with Gasteiger partial charge in [-0.25, -0.2) is 18.7 Å². The molecule has 28 heavy (non-hydrogen) atoms. The predicted octanol–water partition coefficient (Wildman–Crippen LogP) is 4.08. The van der Waals surface area contributed by atoms with Crippen molar-refractivity contribution in [2.24, 2.45) is 7.05 Å². The maximum atomic E-state index is 9.90. The van der Waals surface area contributed by atoms with Gasteiger partial charge in [0.2, 0.25) is 6.33 Å². The van der Waals surface area contributed by atoms with Crippen LogP contribution in [0.2, 0.25) is 0 Å². The van der Waals surface area contributed by atoms with E-state index in [-0.39, 0.29) is 5.57 Å². The Kier molecular flexibility index (Phi) is 15.6. The highest BCUT2D eigenvalue weighted by atomic mass is 19.5. The highest BCUT2D eigenvalue weighted by Gasteiger charge is 2.20. The van der Waals surface area contributed by atoms with E-state index in [1.54, 1.807) is 0 Å². The monoisotopic (exact) mass is 412 g/mol. The van der Waals surface area contributed by atoms with Gasteiger partial charge in [-0.3, -0.25) is 0 Å². The van der Waals surface area contributed by atoms with Crippen molar-refractivity contribution in [1.82, 2.24) is 4.57 Å². The average Bonchev–Trinajstić information content (AvgIpc) is 2.94. The standard InChI is InChI=1S/C12H23N2.C5H6O4.BF4/c1-3-4-5-6-7-8-9-14-11-10-13(2)12-14;1-3(5(8)9)2-4(6)7;2-1(3,4)5/h10-12H,3-9H2,1-2H3;2H,1H3,(H,6,7)(H,8,9);/q+1;;-1/b;3-2-;. The van der Waals surface area contributed by atoms with E-state index in [1.165, 1.54) is 52.0 Å². The number of aromatic nitrogens is 2. The van der Waals surface area contributed by atoms with Gasteiger partial charge in [-0.1, -0.05) is 32.6 Å². The lowest BCUT2D eigenvalue weighted by Gasteiger charge is -1.98. The van der Waals surface area contributed by atoms with Crippen molar-refractivity contribution in [2.75, 3.05) is 0 Å². The number of hydrogen-bond acceptors (Lipinski definition) is 2. The van der Waals surface area contributed by atoms with Crippen LogP contribution in [0.3, 0.4) is 0 Å². The summed E-state index contributed by atoms with van der Waals surface area (Å²) in [6.07, 6.45) is 15.3. The second-order valence-corrected chi connectivity index (χ2v) is 6.05. The van der Waals surface area contributed by atoms with Crippen molar-refractivity contribution in [2.45, 2.75) is 58.9 Å². The third-order valence-corrected chi connectivity index (χ3v) is 3.27. The number of rotatable bonds is 9. The van der Waals surface area contributed by atoms with Crippen molar-refractivity contribution in [3.63, 3.8) is 0 Å². The van der Waals surface area contributed by atoms with Crippen LogP contribution in [-0.2, 0) is 23.2 Å². The van der Waals surface area contributed by atoms with Gasteiger partial charge in [0, 0.05) is 11.6 Å². The highest BCUT2D eigenvalue weighted by molar-refractivity contribution is 6.50. The number of unbranched alkanes of at least 4 members (excludes halogenated alkanes) is 5. The Balaban J connectivity index is 0. The molecule has 0 spiro atoms. The van der Waals surface area contributed by atoms with Gasteiger partial charge in [0.15, 0.2) is 0 Å². The van der Waals surface area contributed by atoms with Crippen LogP contribution in [0.4, 0.5) is 17.3 Å². The van der Waals surface area contributed by atoms with Crippen LogP contribution in [0.5, 0.6) is 0 Å². The maximum absolute atomic E-state index is 9.90. The fourth-order valence-corrected chi connectivity index (χ4v) is 1.96. The van der Waals surface area contributed by atoms with E-state index >= 15 is 0 Å². The molecule has 6 nitrogen and oxygen atoms in total. The van der Waals surface area contributed by atoms with Crippen LogP contribution in [0.1, 0.15) is 52.4 Å². The minimum atomic E-state index is -6.00. The molecule has 0 saturated heterocycles. The highest BCUT2D eigenvalue weighted by Crippen LogP contribution is 2.06. The van der Waals surface area contributed by atoms with Gasteiger partial charge < -0.3 is 27.5 Å². The molecule has 0 fully saturated rings. The van der Waals surface area contributed by atoms with E-state index in [1.807, 2.05) is 0 Å². The molecule has 0 saturated carbocycles. The van der Waals surface area contributed by atoms with Gasteiger partial charge >= 0.3 is 19.2 Å². The second-order valence-electron chi connectivity index (χ2n) is 6.05. The molecule has 11 heteroatoms. The van der Waals surface area contributed by atoms with Crippen molar-refractivity contribution in [3.8, 4) is 0 Å². The van der Waals surface area contributed by atoms with Gasteiger partial charge in [-0.15, -0.1) is 0 Å². The number of carboxylic acid groups (broad SMARTS) is 2. The van der Waals surface area contributed by atoms with Crippen LogP contribution in [0.25, 0.3) is 0 Å². The Morgan fingerprint density at radius 3 is 1.93 bits per heavy atom. The fourth-order valence-electron chi connectivity index (χ4n) is 1.96. The molecule has 0 aliphatic heterocycles. The van der Waals surface area contributed by atoms with E-state index in [0.717, 1.165) is 0 Å². The predicted molar refractivity (Wildman–Crippen MR) is 98.2 cm³/mol. The summed E-state index contributed by atoms with van der Waals surface area (Å²) in [4.78, 5) is 19.7. The van der Waals surface area contributed by atoms with E-state index in [2.05, 4.69) is 41.8 Å². The number of halogens is 4. The van der Waals surface area contributed by atoms with E-state index in [0.29, 0.717) is 6.08 Å². The Bertz CT molecular complexity index is 598. The number of hydrogen-bond donors (Lipinski definition) is 2. The lowest BCUT2D eigenvalue weighted by molar-refractivity contribution is -0.696. The number of carbonyl (C=O) groups is 2. The first-order chi connectivity index (χ1) is 12.9. The molecule has 1 heterocycles. The van der Waals surface area contributed by atoms with Gasteiger partial charge in [0.05, 0.1) is 13.6 Å². The van der Waals surface area contributed by atoms with E-state index in [9.17, 15) is 26.9 Å². The maximum Gasteiger partial charge on any atom is 0.673 e. The summed E-state index contributed by atoms with van der Waals surface area (Å²) < 4.78 is 43.4. The lowest BCUT2D eigenvalue weighted by atomic mass is 10.1. The van der Waals surface area contributed by atoms with Gasteiger partial charge in [-0.05, 0) is 19.8 Å². The van der Waals surface area contributed by atoms with Crippen molar-refractivity contribution in [1.29, 1.82) is 0 Å². The second kappa shape index (κ2) is 15.7. The lowest BCUT2D eigenvalue weighted by Crippen LogP contribution is -2.30. The molecule has 0 atom stereocenters. The first-order valence-corrected chi connectivity index (χ1v) is 8.89. The Morgan fingerprint density at radius 1 is 1.07 bits per heavy atom. The molecule has 0 aliphatic rings. The molecular formula is C17H29BF4N2O4. The zero-order valence-corrected chi connectivity index (χ0v) is 16.5. The van der Waals surface area contributed by atoms with Gasteiger partial charge in [0.1, 0.15) is 12.4 Å². The molecule has 0 bridgehead atoms. The quantitative estimate of drug-likeness (QED) is 0.211. The smallest absolute Gasteiger partial charge is 0.478 e. The molecule has 0 aromatic carbocycles.